The zero-order valence-corrected chi connectivity index (χ0v) is 12.5. The maximum atomic E-state index is 12.6. The minimum Gasteiger partial charge on any atom is -0.388 e. The Morgan fingerprint density at radius 3 is 2.27 bits per heavy atom. The van der Waals surface area contributed by atoms with Crippen molar-refractivity contribution in [2.45, 2.75) is 12.5 Å². The summed E-state index contributed by atoms with van der Waals surface area (Å²) in [6.07, 6.45) is -0.890. The number of aliphatic hydroxyl groups excluding tert-OH is 1. The van der Waals surface area contributed by atoms with Crippen molar-refractivity contribution >= 4 is 17.3 Å². The van der Waals surface area contributed by atoms with Gasteiger partial charge < -0.3 is 10.0 Å². The Morgan fingerprint density at radius 1 is 1.09 bits per heavy atom. The van der Waals surface area contributed by atoms with Gasteiger partial charge in [0.25, 0.3) is 0 Å². The van der Waals surface area contributed by atoms with Gasteiger partial charge >= 0.3 is 0 Å². The highest BCUT2D eigenvalue weighted by Crippen LogP contribution is 2.36. The van der Waals surface area contributed by atoms with Crippen molar-refractivity contribution in [3.63, 3.8) is 0 Å². The quantitative estimate of drug-likeness (QED) is 0.820. The second-order valence-corrected chi connectivity index (χ2v) is 6.07. The molecule has 0 saturated heterocycles. The van der Waals surface area contributed by atoms with Crippen molar-refractivity contribution in [3.05, 3.63) is 46.5 Å². The van der Waals surface area contributed by atoms with Gasteiger partial charge in [-0.2, -0.15) is 0 Å². The highest BCUT2D eigenvalue weighted by atomic mass is 16.3. The molecule has 0 aliphatic heterocycles. The lowest BCUT2D eigenvalue weighted by Gasteiger charge is -2.32. The van der Waals surface area contributed by atoms with Crippen molar-refractivity contribution < 1.29 is 19.5 Å². The van der Waals surface area contributed by atoms with Crippen LogP contribution in [0.4, 0.5) is 0 Å². The highest BCUT2D eigenvalue weighted by molar-refractivity contribution is 6.37. The summed E-state index contributed by atoms with van der Waals surface area (Å²) in [4.78, 5) is 39.7. The summed E-state index contributed by atoms with van der Waals surface area (Å²) in [6.45, 7) is 0.440. The van der Waals surface area contributed by atoms with E-state index in [1.165, 1.54) is 0 Å². The predicted molar refractivity (Wildman–Crippen MR) is 79.8 cm³/mol. The molecule has 0 fully saturated rings. The number of Topliss-reactive ketones (excluding diaryl/α,β-unsaturated/α-hetero) is 3. The molecule has 0 amide bonds. The summed E-state index contributed by atoms with van der Waals surface area (Å²) < 4.78 is 0. The van der Waals surface area contributed by atoms with E-state index >= 15 is 0 Å². The number of hydrogen-bond acceptors (Lipinski definition) is 5. The molecule has 0 bridgehead atoms. The lowest BCUT2D eigenvalue weighted by molar-refractivity contribution is -0.121. The monoisotopic (exact) mass is 299 g/mol. The van der Waals surface area contributed by atoms with E-state index in [0.717, 1.165) is 0 Å². The largest absolute Gasteiger partial charge is 0.388 e. The Balaban J connectivity index is 2.12. The van der Waals surface area contributed by atoms with Gasteiger partial charge in [-0.1, -0.05) is 24.3 Å². The number of fused-ring (bicyclic) bond motifs is 1. The third-order valence-electron chi connectivity index (χ3n) is 4.20. The fraction of sp³-hybridized carbons (Fsp3) is 0.353. The molecule has 0 spiro atoms. The van der Waals surface area contributed by atoms with Crippen molar-refractivity contribution in [2.75, 3.05) is 20.6 Å². The first-order chi connectivity index (χ1) is 10.4. The van der Waals surface area contributed by atoms with E-state index in [9.17, 15) is 19.5 Å². The Morgan fingerprint density at radius 2 is 1.68 bits per heavy atom. The Hall–Kier alpha value is -2.11. The number of rotatable bonds is 2. The Kier molecular flexibility index (Phi) is 3.54. The summed E-state index contributed by atoms with van der Waals surface area (Å²) >= 11 is 0. The van der Waals surface area contributed by atoms with Gasteiger partial charge in [-0.3, -0.25) is 14.4 Å². The molecular formula is C17H17NO4. The number of benzene rings is 1. The van der Waals surface area contributed by atoms with E-state index in [-0.39, 0.29) is 34.5 Å². The van der Waals surface area contributed by atoms with Crippen LogP contribution in [0.5, 0.6) is 0 Å². The molecule has 1 aromatic carbocycles. The highest BCUT2D eigenvalue weighted by Gasteiger charge is 2.44. The van der Waals surface area contributed by atoms with Gasteiger partial charge in [0.15, 0.2) is 17.3 Å². The van der Waals surface area contributed by atoms with Crippen LogP contribution in [0, 0.1) is 5.92 Å². The molecule has 0 radical (unpaired) electrons. The average molecular weight is 299 g/mol. The van der Waals surface area contributed by atoms with Crippen LogP contribution in [0.15, 0.2) is 35.4 Å². The van der Waals surface area contributed by atoms with E-state index in [1.807, 2.05) is 19.0 Å². The minimum absolute atomic E-state index is 0.0243. The number of ketones is 3. The topological polar surface area (TPSA) is 74.7 Å². The third kappa shape index (κ3) is 2.14. The second-order valence-electron chi connectivity index (χ2n) is 6.07. The maximum Gasteiger partial charge on any atom is 0.197 e. The van der Waals surface area contributed by atoms with Gasteiger partial charge in [0, 0.05) is 29.2 Å². The van der Waals surface area contributed by atoms with E-state index in [4.69, 9.17) is 0 Å². The summed E-state index contributed by atoms with van der Waals surface area (Å²) in [7, 11) is 3.65. The molecule has 2 atom stereocenters. The standard InChI is InChI=1S/C17H17NO4/c1-18(2)8-9-7-12(19)13-14(15(9)20)17(22)11-6-4-3-5-10(11)16(13)21/h3-6,9,12,19H,7-8H2,1-2H3. The molecule has 0 saturated carbocycles. The number of allylic oxidation sites excluding steroid dienone is 1. The number of carbonyl (C=O) groups is 3. The lowest BCUT2D eigenvalue weighted by Crippen LogP contribution is -2.43. The van der Waals surface area contributed by atoms with Crippen LogP contribution in [0.2, 0.25) is 0 Å². The van der Waals surface area contributed by atoms with Gasteiger partial charge in [0.1, 0.15) is 0 Å². The Labute approximate surface area is 128 Å². The molecule has 2 aliphatic rings. The molecule has 1 N–H and O–H groups in total. The van der Waals surface area contributed by atoms with Crippen LogP contribution < -0.4 is 0 Å². The molecule has 5 nitrogen and oxygen atoms in total. The van der Waals surface area contributed by atoms with E-state index in [1.54, 1.807) is 24.3 Å². The van der Waals surface area contributed by atoms with Gasteiger partial charge in [-0.05, 0) is 20.5 Å². The predicted octanol–water partition coefficient (Wildman–Crippen LogP) is 0.874. The SMILES string of the molecule is CN(C)CC1CC(O)C2=C(C(=O)c3ccccc3C2=O)C1=O. The maximum absolute atomic E-state index is 12.6. The van der Waals surface area contributed by atoms with Crippen LogP contribution in [0.3, 0.4) is 0 Å². The third-order valence-corrected chi connectivity index (χ3v) is 4.20. The van der Waals surface area contributed by atoms with Crippen molar-refractivity contribution in [3.8, 4) is 0 Å². The number of hydrogen-bond donors (Lipinski definition) is 1. The fourth-order valence-electron chi connectivity index (χ4n) is 3.25. The normalized spacial score (nSPS) is 24.6. The first kappa shape index (κ1) is 14.8. The molecule has 1 aromatic rings. The Bertz CT molecular complexity index is 717. The molecule has 2 unspecified atom stereocenters. The first-order valence-corrected chi connectivity index (χ1v) is 7.21. The molecule has 0 aromatic heterocycles. The van der Waals surface area contributed by atoms with Crippen molar-refractivity contribution in [1.29, 1.82) is 0 Å². The molecule has 5 heteroatoms. The van der Waals surface area contributed by atoms with Gasteiger partial charge in [0.2, 0.25) is 0 Å². The number of carbonyl (C=O) groups excluding carboxylic acids is 3. The molecule has 22 heavy (non-hydrogen) atoms. The zero-order chi connectivity index (χ0) is 16.0. The minimum atomic E-state index is -1.07. The molecular weight excluding hydrogens is 282 g/mol. The van der Waals surface area contributed by atoms with Crippen LogP contribution >= 0.6 is 0 Å². The second kappa shape index (κ2) is 5.26. The van der Waals surface area contributed by atoms with E-state index in [2.05, 4.69) is 0 Å². The fourth-order valence-corrected chi connectivity index (χ4v) is 3.25. The molecule has 2 aliphatic carbocycles. The van der Waals surface area contributed by atoms with Crippen LogP contribution in [-0.4, -0.2) is 54.1 Å². The van der Waals surface area contributed by atoms with E-state index < -0.39 is 23.6 Å². The van der Waals surface area contributed by atoms with Crippen LogP contribution in [-0.2, 0) is 4.79 Å². The molecule has 3 rings (SSSR count). The van der Waals surface area contributed by atoms with Crippen LogP contribution in [0.1, 0.15) is 27.1 Å². The van der Waals surface area contributed by atoms with Crippen LogP contribution in [0.25, 0.3) is 0 Å². The average Bonchev–Trinajstić information content (AvgIpc) is 2.47. The molecule has 114 valence electrons. The molecule has 0 heterocycles. The smallest absolute Gasteiger partial charge is 0.197 e. The van der Waals surface area contributed by atoms with E-state index in [0.29, 0.717) is 6.54 Å². The van der Waals surface area contributed by atoms with Gasteiger partial charge in [-0.15, -0.1) is 0 Å². The summed E-state index contributed by atoms with van der Waals surface area (Å²) in [5, 5.41) is 10.3. The van der Waals surface area contributed by atoms with Crippen molar-refractivity contribution in [1.82, 2.24) is 4.90 Å². The van der Waals surface area contributed by atoms with Crippen molar-refractivity contribution in [2.24, 2.45) is 5.92 Å². The van der Waals surface area contributed by atoms with Gasteiger partial charge in [-0.25, -0.2) is 0 Å². The number of nitrogens with zero attached hydrogens (tertiary/aromatic N) is 1. The summed E-state index contributed by atoms with van der Waals surface area (Å²) in [5.74, 6) is -1.65. The first-order valence-electron chi connectivity index (χ1n) is 7.21. The zero-order valence-electron chi connectivity index (χ0n) is 12.5. The summed E-state index contributed by atoms with van der Waals surface area (Å²) in [6, 6.07) is 6.44. The number of aliphatic hydroxyl groups is 1. The van der Waals surface area contributed by atoms with Gasteiger partial charge in [0.05, 0.1) is 11.7 Å². The lowest BCUT2D eigenvalue weighted by atomic mass is 9.72. The summed E-state index contributed by atoms with van der Waals surface area (Å²) in [5.41, 5.74) is 0.375.